The molecule has 0 aliphatic carbocycles. The zero-order chi connectivity index (χ0) is 12.3. The van der Waals surface area contributed by atoms with E-state index in [0.29, 0.717) is 18.7 Å². The number of aromatic nitrogens is 2. The Morgan fingerprint density at radius 1 is 1.53 bits per heavy atom. The van der Waals surface area contributed by atoms with Crippen molar-refractivity contribution in [1.29, 1.82) is 0 Å². The van der Waals surface area contributed by atoms with Crippen LogP contribution in [-0.2, 0) is 16.4 Å². The molecule has 0 aliphatic heterocycles. The SMILES string of the molecule is Nc1csc(S(=O)(=O)NCCc2ncc[nH]2)c1. The van der Waals surface area contributed by atoms with Gasteiger partial charge in [0.25, 0.3) is 0 Å². The minimum atomic E-state index is -3.45. The lowest BCUT2D eigenvalue weighted by Crippen LogP contribution is -2.25. The Morgan fingerprint density at radius 2 is 2.35 bits per heavy atom. The molecular formula is C9H12N4O2S2. The fourth-order valence-corrected chi connectivity index (χ4v) is 3.44. The van der Waals surface area contributed by atoms with Crippen molar-refractivity contribution in [1.82, 2.24) is 14.7 Å². The maximum atomic E-state index is 11.8. The molecule has 0 fully saturated rings. The van der Waals surface area contributed by atoms with Crippen LogP contribution >= 0.6 is 11.3 Å². The average molecular weight is 272 g/mol. The van der Waals surface area contributed by atoms with Gasteiger partial charge in [0.2, 0.25) is 10.0 Å². The summed E-state index contributed by atoms with van der Waals surface area (Å²) in [7, 11) is -3.45. The summed E-state index contributed by atoms with van der Waals surface area (Å²) in [6, 6.07) is 1.44. The number of nitrogens with one attached hydrogen (secondary N) is 2. The Balaban J connectivity index is 1.94. The fraction of sp³-hybridized carbons (Fsp3) is 0.222. The van der Waals surface area contributed by atoms with Gasteiger partial charge in [0, 0.05) is 36.4 Å². The lowest BCUT2D eigenvalue weighted by atomic mass is 10.4. The number of thiophene rings is 1. The molecule has 0 saturated carbocycles. The number of imidazole rings is 1. The predicted molar refractivity (Wildman–Crippen MR) is 66.2 cm³/mol. The minimum Gasteiger partial charge on any atom is -0.398 e. The van der Waals surface area contributed by atoms with Crippen LogP contribution in [0.1, 0.15) is 5.82 Å². The number of aromatic amines is 1. The maximum Gasteiger partial charge on any atom is 0.250 e. The van der Waals surface area contributed by atoms with E-state index in [1.807, 2.05) is 0 Å². The maximum absolute atomic E-state index is 11.8. The smallest absolute Gasteiger partial charge is 0.250 e. The summed E-state index contributed by atoms with van der Waals surface area (Å²) in [6.45, 7) is 0.299. The van der Waals surface area contributed by atoms with E-state index >= 15 is 0 Å². The van der Waals surface area contributed by atoms with Gasteiger partial charge in [0.15, 0.2) is 0 Å². The van der Waals surface area contributed by atoms with Gasteiger partial charge in [-0.1, -0.05) is 0 Å². The molecule has 0 atom stereocenters. The van der Waals surface area contributed by atoms with E-state index < -0.39 is 10.0 Å². The van der Waals surface area contributed by atoms with E-state index in [2.05, 4.69) is 14.7 Å². The molecule has 2 heterocycles. The van der Waals surface area contributed by atoms with Gasteiger partial charge in [-0.05, 0) is 6.07 Å². The van der Waals surface area contributed by atoms with E-state index in [1.54, 1.807) is 17.8 Å². The molecule has 6 nitrogen and oxygen atoms in total. The van der Waals surface area contributed by atoms with Crippen molar-refractivity contribution in [3.63, 3.8) is 0 Å². The topological polar surface area (TPSA) is 101 Å². The van der Waals surface area contributed by atoms with E-state index in [-0.39, 0.29) is 4.21 Å². The first kappa shape index (κ1) is 12.1. The van der Waals surface area contributed by atoms with Crippen LogP contribution in [0, 0.1) is 0 Å². The monoisotopic (exact) mass is 272 g/mol. The second-order valence-corrected chi connectivity index (χ2v) is 6.29. The first-order chi connectivity index (χ1) is 8.08. The van der Waals surface area contributed by atoms with Gasteiger partial charge in [-0.2, -0.15) is 0 Å². The highest BCUT2D eigenvalue weighted by Crippen LogP contribution is 2.21. The minimum absolute atomic E-state index is 0.231. The predicted octanol–water partition coefficient (Wildman–Crippen LogP) is 0.574. The standard InChI is InChI=1S/C9H12N4O2S2/c10-7-5-9(16-6-7)17(14,15)13-2-1-8-11-3-4-12-8/h3-6,13H,1-2,10H2,(H,11,12). The summed E-state index contributed by atoms with van der Waals surface area (Å²) in [4.78, 5) is 6.91. The van der Waals surface area contributed by atoms with Crippen molar-refractivity contribution in [3.8, 4) is 0 Å². The molecular weight excluding hydrogens is 260 g/mol. The van der Waals surface area contributed by atoms with E-state index in [0.717, 1.165) is 17.2 Å². The first-order valence-electron chi connectivity index (χ1n) is 4.90. The third-order valence-corrected chi connectivity index (χ3v) is 4.99. The molecule has 0 radical (unpaired) electrons. The van der Waals surface area contributed by atoms with Gasteiger partial charge in [-0.25, -0.2) is 18.1 Å². The lowest BCUT2D eigenvalue weighted by molar-refractivity contribution is 0.583. The molecule has 0 saturated heterocycles. The number of nitrogen functional groups attached to an aromatic ring is 1. The van der Waals surface area contributed by atoms with Gasteiger partial charge in [-0.3, -0.25) is 0 Å². The van der Waals surface area contributed by atoms with Gasteiger partial charge in [0.05, 0.1) is 0 Å². The Morgan fingerprint density at radius 3 is 2.94 bits per heavy atom. The van der Waals surface area contributed by atoms with Gasteiger partial charge >= 0.3 is 0 Å². The van der Waals surface area contributed by atoms with Crippen molar-refractivity contribution in [3.05, 3.63) is 29.7 Å². The van der Waals surface area contributed by atoms with E-state index in [4.69, 9.17) is 5.73 Å². The second kappa shape index (κ2) is 4.86. The molecule has 17 heavy (non-hydrogen) atoms. The number of nitrogens with zero attached hydrogens (tertiary/aromatic N) is 1. The third kappa shape index (κ3) is 3.05. The van der Waals surface area contributed by atoms with E-state index in [9.17, 15) is 8.42 Å². The second-order valence-electron chi connectivity index (χ2n) is 3.38. The number of rotatable bonds is 5. The van der Waals surface area contributed by atoms with Crippen LogP contribution in [-0.4, -0.2) is 24.9 Å². The largest absolute Gasteiger partial charge is 0.398 e. The number of nitrogens with two attached hydrogens (primary N) is 1. The van der Waals surface area contributed by atoms with Crippen LogP contribution in [0.4, 0.5) is 5.69 Å². The van der Waals surface area contributed by atoms with Crippen LogP contribution in [0.5, 0.6) is 0 Å². The van der Waals surface area contributed by atoms with Crippen LogP contribution in [0.25, 0.3) is 0 Å². The zero-order valence-electron chi connectivity index (χ0n) is 8.88. The van der Waals surface area contributed by atoms with Crippen molar-refractivity contribution in [2.75, 3.05) is 12.3 Å². The summed E-state index contributed by atoms with van der Waals surface area (Å²) in [5.74, 6) is 0.749. The summed E-state index contributed by atoms with van der Waals surface area (Å²) < 4.78 is 26.3. The number of sulfonamides is 1. The Hall–Kier alpha value is -1.38. The van der Waals surface area contributed by atoms with Crippen LogP contribution in [0.2, 0.25) is 0 Å². The van der Waals surface area contributed by atoms with Crippen LogP contribution in [0.3, 0.4) is 0 Å². The molecule has 2 rings (SSSR count). The molecule has 92 valence electrons. The van der Waals surface area contributed by atoms with Gasteiger partial charge < -0.3 is 10.7 Å². The summed E-state index contributed by atoms with van der Waals surface area (Å²) >= 11 is 1.11. The molecule has 4 N–H and O–H groups in total. The quantitative estimate of drug-likeness (QED) is 0.741. The lowest BCUT2D eigenvalue weighted by Gasteiger charge is -2.02. The molecule has 0 aliphatic rings. The van der Waals surface area contributed by atoms with Crippen molar-refractivity contribution < 1.29 is 8.42 Å². The summed E-state index contributed by atoms with van der Waals surface area (Å²) in [5.41, 5.74) is 5.94. The van der Waals surface area contributed by atoms with Crippen molar-refractivity contribution >= 4 is 27.0 Å². The number of H-pyrrole nitrogens is 1. The average Bonchev–Trinajstić information content (AvgIpc) is 2.89. The Kier molecular flexibility index (Phi) is 3.46. The number of hydrogen-bond acceptors (Lipinski definition) is 5. The summed E-state index contributed by atoms with van der Waals surface area (Å²) in [5, 5.41) is 1.60. The molecule has 2 aromatic heterocycles. The number of hydrogen-bond donors (Lipinski definition) is 3. The first-order valence-corrected chi connectivity index (χ1v) is 7.26. The van der Waals surface area contributed by atoms with E-state index in [1.165, 1.54) is 6.07 Å². The number of anilines is 1. The Bertz CT molecular complexity index is 574. The molecule has 0 unspecified atom stereocenters. The highest BCUT2D eigenvalue weighted by molar-refractivity contribution is 7.91. The Labute approximate surface area is 103 Å². The molecule has 0 aromatic carbocycles. The summed E-state index contributed by atoms with van der Waals surface area (Å²) in [6.07, 6.45) is 3.85. The molecule has 8 heteroatoms. The van der Waals surface area contributed by atoms with Gasteiger partial charge in [-0.15, -0.1) is 11.3 Å². The highest BCUT2D eigenvalue weighted by atomic mass is 32.2. The van der Waals surface area contributed by atoms with Crippen molar-refractivity contribution in [2.45, 2.75) is 10.6 Å². The highest BCUT2D eigenvalue weighted by Gasteiger charge is 2.15. The normalized spacial score (nSPS) is 11.8. The van der Waals surface area contributed by atoms with Crippen LogP contribution in [0.15, 0.2) is 28.0 Å². The molecule has 0 amide bonds. The third-order valence-electron chi connectivity index (χ3n) is 2.07. The molecule has 0 spiro atoms. The molecule has 0 bridgehead atoms. The van der Waals surface area contributed by atoms with Crippen LogP contribution < -0.4 is 10.5 Å². The van der Waals surface area contributed by atoms with Gasteiger partial charge in [0.1, 0.15) is 10.0 Å². The molecule has 2 aromatic rings. The van der Waals surface area contributed by atoms with Crippen molar-refractivity contribution in [2.24, 2.45) is 0 Å². The zero-order valence-corrected chi connectivity index (χ0v) is 10.5. The fourth-order valence-electron chi connectivity index (χ4n) is 1.28.